The second-order valence-electron chi connectivity index (χ2n) is 7.90. The van der Waals surface area contributed by atoms with Gasteiger partial charge in [0.2, 0.25) is 5.75 Å². The third-order valence-electron chi connectivity index (χ3n) is 4.78. The van der Waals surface area contributed by atoms with Gasteiger partial charge in [-0.05, 0) is 39.3 Å². The van der Waals surface area contributed by atoms with Crippen molar-refractivity contribution in [1.29, 1.82) is 0 Å². The van der Waals surface area contributed by atoms with Crippen LogP contribution >= 0.6 is 0 Å². The first-order valence-electron chi connectivity index (χ1n) is 9.74. The number of carbonyl (C=O) groups is 2. The van der Waals surface area contributed by atoms with Crippen LogP contribution in [0.25, 0.3) is 0 Å². The van der Waals surface area contributed by atoms with E-state index < -0.39 is 5.60 Å². The van der Waals surface area contributed by atoms with Crippen LogP contribution in [0.3, 0.4) is 0 Å². The molecule has 0 N–H and O–H groups in total. The predicted octanol–water partition coefficient (Wildman–Crippen LogP) is 3.18. The summed E-state index contributed by atoms with van der Waals surface area (Å²) in [6.07, 6.45) is 0.377. The Morgan fingerprint density at radius 1 is 1.03 bits per heavy atom. The van der Waals surface area contributed by atoms with Crippen molar-refractivity contribution in [3.63, 3.8) is 0 Å². The molecule has 0 spiro atoms. The molecule has 162 valence electrons. The monoisotopic (exact) mass is 408 g/mol. The van der Waals surface area contributed by atoms with Gasteiger partial charge in [-0.1, -0.05) is 6.92 Å². The van der Waals surface area contributed by atoms with Crippen LogP contribution in [0.4, 0.5) is 4.79 Å². The smallest absolute Gasteiger partial charge is 0.410 e. The van der Waals surface area contributed by atoms with E-state index in [0.29, 0.717) is 42.4 Å². The summed E-state index contributed by atoms with van der Waals surface area (Å²) in [5.74, 6) is 1.14. The summed E-state index contributed by atoms with van der Waals surface area (Å²) in [6.45, 7) is 8.80. The number of hydrogen-bond acceptors (Lipinski definition) is 6. The number of carbonyl (C=O) groups excluding carboxylic acids is 2. The number of methoxy groups -OCH3 is 3. The maximum atomic E-state index is 13.1. The average Bonchev–Trinajstić information content (AvgIpc) is 2.70. The van der Waals surface area contributed by atoms with Gasteiger partial charge in [-0.25, -0.2) is 4.79 Å². The Morgan fingerprint density at radius 3 is 2.07 bits per heavy atom. The van der Waals surface area contributed by atoms with Crippen molar-refractivity contribution < 1.29 is 28.5 Å². The highest BCUT2D eigenvalue weighted by Crippen LogP contribution is 2.38. The van der Waals surface area contributed by atoms with E-state index in [1.807, 2.05) is 27.7 Å². The first kappa shape index (κ1) is 22.6. The predicted molar refractivity (Wildman–Crippen MR) is 109 cm³/mol. The number of hydrogen-bond donors (Lipinski definition) is 0. The molecule has 1 aliphatic rings. The van der Waals surface area contributed by atoms with Crippen molar-refractivity contribution in [2.75, 3.05) is 41.0 Å². The molecule has 0 radical (unpaired) electrons. The van der Waals surface area contributed by atoms with E-state index in [4.69, 9.17) is 18.9 Å². The van der Waals surface area contributed by atoms with E-state index >= 15 is 0 Å². The van der Waals surface area contributed by atoms with Crippen molar-refractivity contribution in [2.24, 2.45) is 0 Å². The third-order valence-corrected chi connectivity index (χ3v) is 4.78. The molecule has 2 rings (SSSR count). The molecule has 1 unspecified atom stereocenters. The van der Waals surface area contributed by atoms with Crippen molar-refractivity contribution in [2.45, 2.75) is 45.8 Å². The standard InChI is InChI=1S/C21H32N2O6/c1-8-15-13-22(9-10-23(15)20(25)29-21(2,3)4)19(24)14-11-16(26-5)18(28-7)17(12-14)27-6/h11-12,15H,8-10,13H2,1-7H3. The van der Waals surface area contributed by atoms with Gasteiger partial charge in [-0.3, -0.25) is 4.79 Å². The zero-order valence-corrected chi connectivity index (χ0v) is 18.4. The summed E-state index contributed by atoms with van der Waals surface area (Å²) in [4.78, 5) is 29.1. The van der Waals surface area contributed by atoms with Gasteiger partial charge in [0.1, 0.15) is 5.60 Å². The third kappa shape index (κ3) is 5.25. The molecule has 1 heterocycles. The Kier molecular flexibility index (Phi) is 7.21. The number of nitrogens with zero attached hydrogens (tertiary/aromatic N) is 2. The zero-order valence-electron chi connectivity index (χ0n) is 18.4. The average molecular weight is 408 g/mol. The lowest BCUT2D eigenvalue weighted by Crippen LogP contribution is -2.57. The van der Waals surface area contributed by atoms with Crippen LogP contribution < -0.4 is 14.2 Å². The minimum Gasteiger partial charge on any atom is -0.493 e. The summed E-state index contributed by atoms with van der Waals surface area (Å²) in [5.41, 5.74) is -0.113. The Morgan fingerprint density at radius 2 is 1.62 bits per heavy atom. The maximum absolute atomic E-state index is 13.1. The van der Waals surface area contributed by atoms with Crippen molar-refractivity contribution in [3.8, 4) is 17.2 Å². The van der Waals surface area contributed by atoms with Crippen molar-refractivity contribution in [3.05, 3.63) is 17.7 Å². The molecule has 1 saturated heterocycles. The van der Waals surface area contributed by atoms with E-state index in [0.717, 1.165) is 6.42 Å². The van der Waals surface area contributed by atoms with Crippen LogP contribution in [0.1, 0.15) is 44.5 Å². The molecule has 1 atom stereocenters. The lowest BCUT2D eigenvalue weighted by atomic mass is 10.1. The zero-order chi connectivity index (χ0) is 21.8. The molecule has 8 heteroatoms. The van der Waals surface area contributed by atoms with E-state index in [2.05, 4.69) is 0 Å². The van der Waals surface area contributed by atoms with E-state index in [1.165, 1.54) is 21.3 Å². The Hall–Kier alpha value is -2.64. The second-order valence-corrected chi connectivity index (χ2v) is 7.90. The largest absolute Gasteiger partial charge is 0.493 e. The molecule has 0 aliphatic carbocycles. The second kappa shape index (κ2) is 9.24. The van der Waals surface area contributed by atoms with Crippen molar-refractivity contribution in [1.82, 2.24) is 9.80 Å². The molecule has 29 heavy (non-hydrogen) atoms. The first-order valence-corrected chi connectivity index (χ1v) is 9.74. The van der Waals surface area contributed by atoms with Gasteiger partial charge in [0.25, 0.3) is 5.91 Å². The molecule has 0 saturated carbocycles. The van der Waals surface area contributed by atoms with E-state index in [1.54, 1.807) is 21.9 Å². The van der Waals surface area contributed by atoms with Crippen LogP contribution in [-0.2, 0) is 4.74 Å². The fourth-order valence-electron chi connectivity index (χ4n) is 3.34. The summed E-state index contributed by atoms with van der Waals surface area (Å²) < 4.78 is 21.5. The molecule has 1 aromatic carbocycles. The summed E-state index contributed by atoms with van der Waals surface area (Å²) in [6, 6.07) is 3.18. The van der Waals surface area contributed by atoms with Gasteiger partial charge in [0.05, 0.1) is 27.4 Å². The topological polar surface area (TPSA) is 77.5 Å². The molecule has 2 amide bonds. The lowest BCUT2D eigenvalue weighted by molar-refractivity contribution is -0.00120. The molecule has 0 aromatic heterocycles. The summed E-state index contributed by atoms with van der Waals surface area (Å²) in [5, 5.41) is 0. The van der Waals surface area contributed by atoms with Crippen LogP contribution in [0.2, 0.25) is 0 Å². The number of piperazine rings is 1. The molecule has 1 aromatic rings. The molecule has 1 aliphatic heterocycles. The van der Waals surface area contributed by atoms with Gasteiger partial charge in [0, 0.05) is 25.2 Å². The normalized spacial score (nSPS) is 17.0. The van der Waals surface area contributed by atoms with E-state index in [9.17, 15) is 9.59 Å². The van der Waals surface area contributed by atoms with Gasteiger partial charge in [-0.2, -0.15) is 0 Å². The van der Waals surface area contributed by atoms with Gasteiger partial charge >= 0.3 is 6.09 Å². The van der Waals surface area contributed by atoms with Crippen LogP contribution in [0, 0.1) is 0 Å². The quantitative estimate of drug-likeness (QED) is 0.745. The molecule has 1 fully saturated rings. The summed E-state index contributed by atoms with van der Waals surface area (Å²) >= 11 is 0. The fourth-order valence-corrected chi connectivity index (χ4v) is 3.34. The molecule has 0 bridgehead atoms. The Balaban J connectivity index is 2.20. The lowest BCUT2D eigenvalue weighted by Gasteiger charge is -2.41. The highest BCUT2D eigenvalue weighted by atomic mass is 16.6. The fraction of sp³-hybridized carbons (Fsp3) is 0.619. The Bertz CT molecular complexity index is 718. The number of rotatable bonds is 5. The molecular weight excluding hydrogens is 376 g/mol. The number of benzene rings is 1. The van der Waals surface area contributed by atoms with Crippen LogP contribution in [0.15, 0.2) is 12.1 Å². The van der Waals surface area contributed by atoms with Gasteiger partial charge < -0.3 is 28.7 Å². The first-order chi connectivity index (χ1) is 13.6. The SMILES string of the molecule is CCC1CN(C(=O)c2cc(OC)c(OC)c(OC)c2)CCN1C(=O)OC(C)(C)C. The van der Waals surface area contributed by atoms with Crippen LogP contribution in [-0.4, -0.2) is 74.4 Å². The Labute approximate surface area is 172 Å². The summed E-state index contributed by atoms with van der Waals surface area (Å²) in [7, 11) is 4.54. The highest BCUT2D eigenvalue weighted by Gasteiger charge is 2.34. The number of amides is 2. The minimum absolute atomic E-state index is 0.107. The van der Waals surface area contributed by atoms with Gasteiger partial charge in [-0.15, -0.1) is 0 Å². The van der Waals surface area contributed by atoms with Gasteiger partial charge in [0.15, 0.2) is 11.5 Å². The van der Waals surface area contributed by atoms with Crippen molar-refractivity contribution >= 4 is 12.0 Å². The van der Waals surface area contributed by atoms with Crippen LogP contribution in [0.5, 0.6) is 17.2 Å². The minimum atomic E-state index is -0.557. The molecular formula is C21H32N2O6. The molecule has 8 nitrogen and oxygen atoms in total. The highest BCUT2D eigenvalue weighted by molar-refractivity contribution is 5.96. The number of ether oxygens (including phenoxy) is 4. The maximum Gasteiger partial charge on any atom is 0.410 e. The van der Waals surface area contributed by atoms with E-state index in [-0.39, 0.29) is 18.0 Å².